The van der Waals surface area contributed by atoms with Crippen molar-refractivity contribution in [1.29, 1.82) is 0 Å². The number of carbonyl (C=O) groups is 1. The minimum absolute atomic E-state index is 0.180. The standard InChI is InChI=1S/C11H19F3N2O/c1-3-6-16(10(17)11(12,13)14)9-5-4-8(7-9)15-2/h8-9,15H,3-7H2,1-2H3/t8-,9+/m1/s1. The van der Waals surface area contributed by atoms with Crippen molar-refractivity contribution in [3.05, 3.63) is 0 Å². The molecule has 17 heavy (non-hydrogen) atoms. The number of rotatable bonds is 4. The molecule has 1 aliphatic carbocycles. The highest BCUT2D eigenvalue weighted by atomic mass is 19.4. The van der Waals surface area contributed by atoms with E-state index in [0.717, 1.165) is 11.3 Å². The van der Waals surface area contributed by atoms with Crippen LogP contribution in [-0.4, -0.2) is 42.7 Å². The van der Waals surface area contributed by atoms with Gasteiger partial charge in [0.2, 0.25) is 0 Å². The summed E-state index contributed by atoms with van der Waals surface area (Å²) in [6, 6.07) is -0.0538. The molecule has 1 saturated carbocycles. The fraction of sp³-hybridized carbons (Fsp3) is 0.909. The molecule has 0 aromatic carbocycles. The van der Waals surface area contributed by atoms with Crippen LogP contribution in [0.5, 0.6) is 0 Å². The first-order chi connectivity index (χ1) is 7.90. The van der Waals surface area contributed by atoms with E-state index in [4.69, 9.17) is 0 Å². The van der Waals surface area contributed by atoms with Crippen LogP contribution in [0.1, 0.15) is 32.6 Å². The first-order valence-corrected chi connectivity index (χ1v) is 5.95. The third-order valence-electron chi connectivity index (χ3n) is 3.22. The number of nitrogens with one attached hydrogen (secondary N) is 1. The molecule has 100 valence electrons. The minimum atomic E-state index is -4.76. The molecule has 1 amide bonds. The Labute approximate surface area is 99.4 Å². The quantitative estimate of drug-likeness (QED) is 0.829. The number of alkyl halides is 3. The van der Waals surface area contributed by atoms with E-state index < -0.39 is 12.1 Å². The summed E-state index contributed by atoms with van der Waals surface area (Å²) in [5.41, 5.74) is 0. The Morgan fingerprint density at radius 3 is 2.47 bits per heavy atom. The van der Waals surface area contributed by atoms with Crippen molar-refractivity contribution in [2.45, 2.75) is 50.9 Å². The summed E-state index contributed by atoms with van der Waals surface area (Å²) < 4.78 is 37.3. The zero-order chi connectivity index (χ0) is 13.1. The zero-order valence-corrected chi connectivity index (χ0v) is 10.2. The van der Waals surface area contributed by atoms with E-state index in [1.807, 2.05) is 0 Å². The average molecular weight is 252 g/mol. The van der Waals surface area contributed by atoms with Gasteiger partial charge in [0.15, 0.2) is 0 Å². The molecule has 0 bridgehead atoms. The Morgan fingerprint density at radius 1 is 1.41 bits per heavy atom. The summed E-state index contributed by atoms with van der Waals surface area (Å²) in [4.78, 5) is 12.3. The van der Waals surface area contributed by atoms with E-state index in [-0.39, 0.29) is 18.6 Å². The second kappa shape index (κ2) is 5.71. The molecule has 0 saturated heterocycles. The highest BCUT2D eigenvalue weighted by Gasteiger charge is 2.45. The molecule has 0 spiro atoms. The van der Waals surface area contributed by atoms with Crippen LogP contribution in [0.2, 0.25) is 0 Å². The summed E-state index contributed by atoms with van der Waals surface area (Å²) in [6.45, 7) is 1.96. The van der Waals surface area contributed by atoms with Gasteiger partial charge in [-0.2, -0.15) is 13.2 Å². The molecule has 1 fully saturated rings. The lowest BCUT2D eigenvalue weighted by Gasteiger charge is -2.29. The van der Waals surface area contributed by atoms with Gasteiger partial charge in [0, 0.05) is 18.6 Å². The maximum absolute atomic E-state index is 12.4. The van der Waals surface area contributed by atoms with Crippen molar-refractivity contribution in [2.75, 3.05) is 13.6 Å². The smallest absolute Gasteiger partial charge is 0.332 e. The summed E-state index contributed by atoms with van der Waals surface area (Å²) in [5.74, 6) is -1.69. The van der Waals surface area contributed by atoms with Gasteiger partial charge in [-0.25, -0.2) is 0 Å². The van der Waals surface area contributed by atoms with Crippen molar-refractivity contribution in [3.63, 3.8) is 0 Å². The Balaban J connectivity index is 2.70. The number of amides is 1. The molecule has 0 aliphatic heterocycles. The van der Waals surface area contributed by atoms with Gasteiger partial charge in [-0.15, -0.1) is 0 Å². The third kappa shape index (κ3) is 3.59. The van der Waals surface area contributed by atoms with Gasteiger partial charge >= 0.3 is 12.1 Å². The van der Waals surface area contributed by atoms with Gasteiger partial charge in [-0.05, 0) is 32.7 Å². The van der Waals surface area contributed by atoms with E-state index in [9.17, 15) is 18.0 Å². The van der Waals surface area contributed by atoms with Crippen molar-refractivity contribution >= 4 is 5.91 Å². The molecule has 2 atom stereocenters. The average Bonchev–Trinajstić information content (AvgIpc) is 2.72. The van der Waals surface area contributed by atoms with Gasteiger partial charge in [-0.1, -0.05) is 6.92 Å². The summed E-state index contributed by atoms with van der Waals surface area (Å²) in [7, 11) is 1.79. The van der Waals surface area contributed by atoms with Gasteiger partial charge < -0.3 is 10.2 Å². The van der Waals surface area contributed by atoms with E-state index in [1.165, 1.54) is 0 Å². The molecule has 0 heterocycles. The number of carbonyl (C=O) groups excluding carboxylic acids is 1. The highest BCUT2D eigenvalue weighted by Crippen LogP contribution is 2.28. The summed E-state index contributed by atoms with van der Waals surface area (Å²) in [6.07, 6.45) is -2.13. The van der Waals surface area contributed by atoms with E-state index in [1.54, 1.807) is 14.0 Å². The van der Waals surface area contributed by atoms with E-state index in [0.29, 0.717) is 19.3 Å². The molecule has 1 aliphatic rings. The molecule has 0 aromatic heterocycles. The molecule has 0 unspecified atom stereocenters. The molecule has 3 nitrogen and oxygen atoms in total. The van der Waals surface area contributed by atoms with Gasteiger partial charge in [0.1, 0.15) is 0 Å². The second-order valence-electron chi connectivity index (χ2n) is 4.45. The van der Waals surface area contributed by atoms with Crippen LogP contribution in [0.25, 0.3) is 0 Å². The van der Waals surface area contributed by atoms with Crippen molar-refractivity contribution in [1.82, 2.24) is 10.2 Å². The van der Waals surface area contributed by atoms with Gasteiger partial charge in [0.05, 0.1) is 0 Å². The highest BCUT2D eigenvalue weighted by molar-refractivity contribution is 5.82. The molecule has 1 rings (SSSR count). The first kappa shape index (κ1) is 14.3. The topological polar surface area (TPSA) is 32.3 Å². The van der Waals surface area contributed by atoms with Crippen LogP contribution in [0.15, 0.2) is 0 Å². The van der Waals surface area contributed by atoms with Crippen molar-refractivity contribution in [2.24, 2.45) is 0 Å². The number of hydrogen-bond donors (Lipinski definition) is 1. The maximum atomic E-state index is 12.4. The normalized spacial score (nSPS) is 25.0. The largest absolute Gasteiger partial charge is 0.471 e. The second-order valence-corrected chi connectivity index (χ2v) is 4.45. The van der Waals surface area contributed by atoms with Crippen LogP contribution in [0.3, 0.4) is 0 Å². The zero-order valence-electron chi connectivity index (χ0n) is 10.2. The summed E-state index contributed by atoms with van der Waals surface area (Å²) >= 11 is 0. The Kier molecular flexibility index (Phi) is 4.80. The molecule has 6 heteroatoms. The fourth-order valence-electron chi connectivity index (χ4n) is 2.36. The lowest BCUT2D eigenvalue weighted by Crippen LogP contribution is -2.47. The lowest BCUT2D eigenvalue weighted by molar-refractivity contribution is -0.187. The summed E-state index contributed by atoms with van der Waals surface area (Å²) in [5, 5.41) is 3.05. The monoisotopic (exact) mass is 252 g/mol. The predicted octanol–water partition coefficient (Wildman–Crippen LogP) is 1.93. The molecule has 1 N–H and O–H groups in total. The molecule has 0 radical (unpaired) electrons. The lowest BCUT2D eigenvalue weighted by atomic mass is 10.2. The van der Waals surface area contributed by atoms with Gasteiger partial charge in [-0.3, -0.25) is 4.79 Å². The fourth-order valence-corrected chi connectivity index (χ4v) is 2.36. The van der Waals surface area contributed by atoms with Crippen LogP contribution < -0.4 is 5.32 Å². The van der Waals surface area contributed by atoms with Crippen LogP contribution in [0.4, 0.5) is 13.2 Å². The number of halogens is 3. The molecular weight excluding hydrogens is 233 g/mol. The Morgan fingerprint density at radius 2 is 2.06 bits per heavy atom. The number of nitrogens with zero attached hydrogens (tertiary/aromatic N) is 1. The predicted molar refractivity (Wildman–Crippen MR) is 58.5 cm³/mol. The number of hydrogen-bond acceptors (Lipinski definition) is 2. The van der Waals surface area contributed by atoms with Crippen molar-refractivity contribution < 1.29 is 18.0 Å². The van der Waals surface area contributed by atoms with Crippen LogP contribution in [-0.2, 0) is 4.79 Å². The maximum Gasteiger partial charge on any atom is 0.471 e. The van der Waals surface area contributed by atoms with Crippen molar-refractivity contribution in [3.8, 4) is 0 Å². The van der Waals surface area contributed by atoms with Crippen LogP contribution >= 0.6 is 0 Å². The minimum Gasteiger partial charge on any atom is -0.332 e. The van der Waals surface area contributed by atoms with E-state index in [2.05, 4.69) is 5.32 Å². The van der Waals surface area contributed by atoms with E-state index >= 15 is 0 Å². The Bertz CT molecular complexity index is 268. The first-order valence-electron chi connectivity index (χ1n) is 5.95. The molecule has 0 aromatic rings. The third-order valence-corrected chi connectivity index (χ3v) is 3.22. The SMILES string of the molecule is CCCN(C(=O)C(F)(F)F)[C@H]1CC[C@@H](NC)C1. The van der Waals surface area contributed by atoms with Crippen LogP contribution in [0, 0.1) is 0 Å². The van der Waals surface area contributed by atoms with Gasteiger partial charge in [0.25, 0.3) is 0 Å². The molecular formula is C11H19F3N2O. The Hall–Kier alpha value is -0.780.